The maximum Gasteiger partial charge on any atom is 0.330 e. The van der Waals surface area contributed by atoms with Crippen molar-refractivity contribution in [2.24, 2.45) is 0 Å². The van der Waals surface area contributed by atoms with E-state index in [0.29, 0.717) is 0 Å². The van der Waals surface area contributed by atoms with Gasteiger partial charge in [-0.3, -0.25) is 14.3 Å². The van der Waals surface area contributed by atoms with Crippen LogP contribution in [0, 0.1) is 0 Å². The Labute approximate surface area is 125 Å². The van der Waals surface area contributed by atoms with Crippen LogP contribution < -0.4 is 11.2 Å². The zero-order chi connectivity index (χ0) is 14.9. The Hall–Kier alpha value is -1.04. The molecule has 20 heavy (non-hydrogen) atoms. The lowest BCUT2D eigenvalue weighted by molar-refractivity contribution is -0.0491. The second kappa shape index (κ2) is 6.16. The van der Waals surface area contributed by atoms with Crippen molar-refractivity contribution in [3.05, 3.63) is 36.7 Å². The van der Waals surface area contributed by atoms with E-state index in [1.54, 1.807) is 4.08 Å². The van der Waals surface area contributed by atoms with E-state index in [4.69, 9.17) is 9.84 Å². The van der Waals surface area contributed by atoms with Gasteiger partial charge in [0.15, 0.2) is 12.4 Å². The molecule has 110 valence electrons. The third kappa shape index (κ3) is 2.71. The van der Waals surface area contributed by atoms with Crippen molar-refractivity contribution in [1.82, 2.24) is 9.55 Å². The Morgan fingerprint density at radius 3 is 2.80 bits per heavy atom. The molecule has 2 heterocycles. The fourth-order valence-electron chi connectivity index (χ4n) is 1.95. The van der Waals surface area contributed by atoms with Crippen LogP contribution in [-0.4, -0.2) is 44.8 Å². The van der Waals surface area contributed by atoms with Crippen molar-refractivity contribution < 1.29 is 19.3 Å². The molecule has 0 bridgehead atoms. The molecular formula is C11H12FIN2O5. The van der Waals surface area contributed by atoms with Crippen LogP contribution in [0.2, 0.25) is 0 Å². The summed E-state index contributed by atoms with van der Waals surface area (Å²) in [7, 11) is 0. The first-order chi connectivity index (χ1) is 9.49. The molecule has 7 nitrogen and oxygen atoms in total. The van der Waals surface area contributed by atoms with Gasteiger partial charge in [-0.05, 0) is 10.2 Å². The first-order valence-electron chi connectivity index (χ1n) is 5.70. The van der Waals surface area contributed by atoms with Gasteiger partial charge in [0.1, 0.15) is 12.2 Å². The normalized spacial score (nSPS) is 30.2. The summed E-state index contributed by atoms with van der Waals surface area (Å²) in [6.45, 7) is -0.573. The molecule has 0 radical (unpaired) electrons. The number of halogens is 2. The van der Waals surface area contributed by atoms with Crippen molar-refractivity contribution in [2.45, 2.75) is 24.6 Å². The van der Waals surface area contributed by atoms with Crippen molar-refractivity contribution in [1.29, 1.82) is 0 Å². The number of hydrogen-bond acceptors (Lipinski definition) is 5. The summed E-state index contributed by atoms with van der Waals surface area (Å²) in [6, 6.07) is 0. The second-order valence-corrected chi connectivity index (χ2v) is 4.95. The summed E-state index contributed by atoms with van der Waals surface area (Å²) in [5.41, 5.74) is -1.30. The van der Waals surface area contributed by atoms with Crippen LogP contribution >= 0.6 is 22.6 Å². The highest BCUT2D eigenvalue weighted by atomic mass is 131. The molecule has 1 aliphatic rings. The van der Waals surface area contributed by atoms with Gasteiger partial charge in [-0.2, -0.15) is 0 Å². The predicted molar refractivity (Wildman–Crippen MR) is 76.3 cm³/mol. The summed E-state index contributed by atoms with van der Waals surface area (Å²) < 4.78 is 21.5. The van der Waals surface area contributed by atoms with Crippen molar-refractivity contribution in [3.8, 4) is 0 Å². The maximum atomic E-state index is 13.9. The molecule has 9 heteroatoms. The van der Waals surface area contributed by atoms with Crippen LogP contribution in [-0.2, 0) is 4.74 Å². The van der Waals surface area contributed by atoms with Crippen molar-refractivity contribution in [3.63, 3.8) is 0 Å². The van der Waals surface area contributed by atoms with Gasteiger partial charge in [0.25, 0.3) is 5.56 Å². The first-order valence-corrected chi connectivity index (χ1v) is 6.95. The summed E-state index contributed by atoms with van der Waals surface area (Å²) in [5, 5.41) is 18.5. The largest absolute Gasteiger partial charge is 0.394 e. The predicted octanol–water partition coefficient (Wildman–Crippen LogP) is -0.469. The maximum absolute atomic E-state index is 13.9. The van der Waals surface area contributed by atoms with E-state index in [1.807, 2.05) is 27.6 Å². The minimum Gasteiger partial charge on any atom is -0.394 e. The fraction of sp³-hybridized carbons (Fsp3) is 0.455. The van der Waals surface area contributed by atoms with Gasteiger partial charge < -0.3 is 14.9 Å². The molecule has 1 aromatic rings. The number of alkyl halides is 1. The zero-order valence-electron chi connectivity index (χ0n) is 10.1. The molecule has 0 saturated carbocycles. The fourth-order valence-corrected chi connectivity index (χ4v) is 2.34. The molecule has 0 unspecified atom stereocenters. The van der Waals surface area contributed by atoms with E-state index in [9.17, 15) is 19.1 Å². The van der Waals surface area contributed by atoms with Crippen molar-refractivity contribution >= 4 is 28.7 Å². The first kappa shape index (κ1) is 15.4. The van der Waals surface area contributed by atoms with E-state index < -0.39 is 42.5 Å². The van der Waals surface area contributed by atoms with Gasteiger partial charge in [0.2, 0.25) is 0 Å². The van der Waals surface area contributed by atoms with E-state index >= 15 is 0 Å². The standard InChI is InChI=1S/C11H12FIN2O5/c12-7-8(17)6(4-16)20-10(7)15-3-5(1-2-13)9(18)14-11(15)19/h1-3,6-8,10,16-17H,4H2,(H,14,18,19)/b2-1+/t6-,7-,8-,10-/m1/s1/i13+4. The minimum absolute atomic E-state index is 0.150. The molecule has 1 saturated heterocycles. The molecule has 1 aliphatic heterocycles. The minimum atomic E-state index is -1.88. The molecule has 1 fully saturated rings. The molecule has 0 spiro atoms. The Morgan fingerprint density at radius 2 is 2.25 bits per heavy atom. The molecule has 0 aliphatic carbocycles. The van der Waals surface area contributed by atoms with Crippen LogP contribution in [0.25, 0.3) is 6.08 Å². The summed E-state index contributed by atoms with van der Waals surface area (Å²) >= 11 is 1.89. The van der Waals surface area contributed by atoms with Crippen LogP contribution in [0.15, 0.2) is 19.9 Å². The lowest BCUT2D eigenvalue weighted by Crippen LogP contribution is -2.36. The highest BCUT2D eigenvalue weighted by Crippen LogP contribution is 2.30. The number of aromatic nitrogens is 2. The summed E-state index contributed by atoms with van der Waals surface area (Å²) in [4.78, 5) is 25.3. The van der Waals surface area contributed by atoms with Gasteiger partial charge >= 0.3 is 5.69 Å². The second-order valence-electron chi connectivity index (χ2n) is 4.23. The third-order valence-electron chi connectivity index (χ3n) is 2.99. The van der Waals surface area contributed by atoms with E-state index in [1.165, 1.54) is 6.08 Å². The number of aromatic amines is 1. The van der Waals surface area contributed by atoms with E-state index in [2.05, 4.69) is 0 Å². The topological polar surface area (TPSA) is 105 Å². The zero-order valence-corrected chi connectivity index (χ0v) is 12.2. The number of nitrogens with one attached hydrogen (secondary N) is 1. The van der Waals surface area contributed by atoms with Gasteiger partial charge in [-0.15, -0.1) is 0 Å². The van der Waals surface area contributed by atoms with Crippen LogP contribution in [0.4, 0.5) is 4.39 Å². The van der Waals surface area contributed by atoms with Gasteiger partial charge in [-0.25, -0.2) is 9.18 Å². The third-order valence-corrected chi connectivity index (χ3v) is 3.35. The van der Waals surface area contributed by atoms with E-state index in [0.717, 1.165) is 10.8 Å². The lowest BCUT2D eigenvalue weighted by atomic mass is 10.1. The Morgan fingerprint density at radius 1 is 1.55 bits per heavy atom. The highest BCUT2D eigenvalue weighted by Gasteiger charge is 2.45. The number of ether oxygens (including phenoxy) is 1. The number of aliphatic hydroxyl groups is 2. The van der Waals surface area contributed by atoms with Crippen LogP contribution in [0.3, 0.4) is 0 Å². The number of aliphatic hydroxyl groups excluding tert-OH is 2. The lowest BCUT2D eigenvalue weighted by Gasteiger charge is -2.16. The SMILES string of the molecule is O=c1[nH]c(=O)n([C@@H]2O[C@H](CO)[C@@H](O)[C@H]2F)cc1/C=C/[131I]. The van der Waals surface area contributed by atoms with Crippen molar-refractivity contribution in [2.75, 3.05) is 6.61 Å². The quantitative estimate of drug-likeness (QED) is 0.594. The van der Waals surface area contributed by atoms with Gasteiger partial charge in [-0.1, -0.05) is 22.6 Å². The molecule has 0 amide bonds. The number of hydrogen-bond donors (Lipinski definition) is 3. The molecule has 0 aromatic carbocycles. The highest BCUT2D eigenvalue weighted by molar-refractivity contribution is 14.1. The molecule has 3 N–H and O–H groups in total. The molecule has 2 rings (SSSR count). The summed E-state index contributed by atoms with van der Waals surface area (Å²) in [5.74, 6) is 0. The Kier molecular flexibility index (Phi) is 4.73. The van der Waals surface area contributed by atoms with Crippen LogP contribution in [0.5, 0.6) is 0 Å². The van der Waals surface area contributed by atoms with Gasteiger partial charge in [0, 0.05) is 6.20 Å². The molecule has 4 atom stereocenters. The molecular weight excluding hydrogens is 390 g/mol. The average Bonchev–Trinajstić information content (AvgIpc) is 2.70. The Balaban J connectivity index is 2.46. The summed E-state index contributed by atoms with van der Waals surface area (Å²) in [6.07, 6.45) is -3.33. The Bertz CT molecular complexity index is 628. The van der Waals surface area contributed by atoms with E-state index in [-0.39, 0.29) is 5.56 Å². The number of H-pyrrole nitrogens is 1. The number of rotatable bonds is 3. The average molecular weight is 402 g/mol. The van der Waals surface area contributed by atoms with Crippen LogP contribution in [0.1, 0.15) is 11.8 Å². The monoisotopic (exact) mass is 402 g/mol. The smallest absolute Gasteiger partial charge is 0.330 e. The number of nitrogens with zero attached hydrogens (tertiary/aromatic N) is 1. The molecule has 1 aromatic heterocycles. The van der Waals surface area contributed by atoms with Gasteiger partial charge in [0.05, 0.1) is 12.2 Å².